The molecule has 0 fully saturated rings. The summed E-state index contributed by atoms with van der Waals surface area (Å²) in [5, 5.41) is 0. The van der Waals surface area contributed by atoms with Crippen molar-refractivity contribution in [1.29, 1.82) is 0 Å². The van der Waals surface area contributed by atoms with Gasteiger partial charge in [-0.25, -0.2) is 9.97 Å². The van der Waals surface area contributed by atoms with Crippen molar-refractivity contribution in [3.05, 3.63) is 41.7 Å². The highest BCUT2D eigenvalue weighted by Crippen LogP contribution is 2.35. The first-order chi connectivity index (χ1) is 9.94. The highest BCUT2D eigenvalue weighted by atomic mass is 16.5. The number of carbonyl (C=O) groups excluding carboxylic acids is 1. The molecular formula is C16H18N2O3. The average molecular weight is 286 g/mol. The van der Waals surface area contributed by atoms with E-state index in [0.29, 0.717) is 17.6 Å². The number of benzene rings is 1. The molecule has 1 aromatic heterocycles. The molecule has 0 atom stereocenters. The summed E-state index contributed by atoms with van der Waals surface area (Å²) < 4.78 is 11.0. The van der Waals surface area contributed by atoms with Crippen molar-refractivity contribution in [2.75, 3.05) is 7.11 Å². The molecule has 0 aliphatic heterocycles. The van der Waals surface area contributed by atoms with Crippen molar-refractivity contribution in [3.8, 4) is 17.5 Å². The lowest BCUT2D eigenvalue weighted by atomic mass is 9.86. The molecule has 0 amide bonds. The van der Waals surface area contributed by atoms with E-state index >= 15 is 0 Å². The second-order valence-electron chi connectivity index (χ2n) is 5.63. The predicted octanol–water partition coefficient (Wildman–Crippen LogP) is 3.39. The molecule has 0 saturated carbocycles. The Kier molecular flexibility index (Phi) is 4.21. The molecule has 0 radical (unpaired) electrons. The Morgan fingerprint density at radius 1 is 1.14 bits per heavy atom. The van der Waals surface area contributed by atoms with Gasteiger partial charge in [0.1, 0.15) is 11.5 Å². The minimum absolute atomic E-state index is 0.118. The number of nitrogens with zero attached hydrogens (tertiary/aromatic N) is 2. The number of carbonyl (C=O) groups is 1. The molecule has 5 heteroatoms. The van der Waals surface area contributed by atoms with Gasteiger partial charge in [-0.2, -0.15) is 0 Å². The number of rotatable bonds is 4. The zero-order valence-electron chi connectivity index (χ0n) is 12.6. The van der Waals surface area contributed by atoms with Crippen LogP contribution in [0, 0.1) is 0 Å². The summed E-state index contributed by atoms with van der Waals surface area (Å²) in [5.74, 6) is 1.44. The maximum atomic E-state index is 10.6. The van der Waals surface area contributed by atoms with Crippen LogP contribution >= 0.6 is 0 Å². The largest absolute Gasteiger partial charge is 0.497 e. The molecule has 2 rings (SSSR count). The van der Waals surface area contributed by atoms with Crippen LogP contribution in [-0.4, -0.2) is 23.4 Å². The van der Waals surface area contributed by atoms with Gasteiger partial charge in [0.15, 0.2) is 6.29 Å². The Morgan fingerprint density at radius 2 is 1.81 bits per heavy atom. The maximum absolute atomic E-state index is 10.6. The third kappa shape index (κ3) is 3.56. The van der Waals surface area contributed by atoms with Gasteiger partial charge in [-0.05, 0) is 23.6 Å². The minimum atomic E-state index is -0.118. The molecular weight excluding hydrogens is 268 g/mol. The number of ether oxygens (including phenoxy) is 2. The topological polar surface area (TPSA) is 61.3 Å². The molecule has 5 nitrogen and oxygen atoms in total. The van der Waals surface area contributed by atoms with Gasteiger partial charge < -0.3 is 9.47 Å². The van der Waals surface area contributed by atoms with Gasteiger partial charge in [-0.15, -0.1) is 0 Å². The molecule has 21 heavy (non-hydrogen) atoms. The monoisotopic (exact) mass is 286 g/mol. The van der Waals surface area contributed by atoms with Crippen molar-refractivity contribution < 1.29 is 14.3 Å². The van der Waals surface area contributed by atoms with Crippen LogP contribution < -0.4 is 9.47 Å². The average Bonchev–Trinajstić information content (AvgIpc) is 2.47. The summed E-state index contributed by atoms with van der Waals surface area (Å²) in [6.45, 7) is 6.26. The Balaban J connectivity index is 2.36. The molecule has 0 N–H and O–H groups in total. The van der Waals surface area contributed by atoms with Crippen LogP contribution in [0.3, 0.4) is 0 Å². The third-order valence-electron chi connectivity index (χ3n) is 2.98. The first kappa shape index (κ1) is 15.0. The van der Waals surface area contributed by atoms with Crippen LogP contribution in [0.5, 0.6) is 17.5 Å². The quantitative estimate of drug-likeness (QED) is 0.806. The van der Waals surface area contributed by atoms with Crippen molar-refractivity contribution in [3.63, 3.8) is 0 Å². The summed E-state index contributed by atoms with van der Waals surface area (Å²) in [7, 11) is 1.63. The Labute approximate surface area is 124 Å². The molecule has 2 aromatic rings. The number of methoxy groups -OCH3 is 1. The minimum Gasteiger partial charge on any atom is -0.497 e. The van der Waals surface area contributed by atoms with E-state index in [1.165, 1.54) is 12.4 Å². The lowest BCUT2D eigenvalue weighted by molar-refractivity contribution is 0.112. The standard InChI is InChI=1S/C16H18N2O3/c1-16(2,3)13-7-12(20-4)5-6-14(13)21-15-17-8-11(10-19)9-18-15/h5-10H,1-4H3. The van der Waals surface area contributed by atoms with Gasteiger partial charge in [0.05, 0.1) is 12.7 Å². The highest BCUT2D eigenvalue weighted by molar-refractivity contribution is 5.73. The maximum Gasteiger partial charge on any atom is 0.321 e. The molecule has 0 aliphatic carbocycles. The van der Waals surface area contributed by atoms with Gasteiger partial charge in [0.25, 0.3) is 0 Å². The smallest absolute Gasteiger partial charge is 0.321 e. The van der Waals surface area contributed by atoms with Crippen LogP contribution in [0.15, 0.2) is 30.6 Å². The SMILES string of the molecule is COc1ccc(Oc2ncc(C=O)cn2)c(C(C)(C)C)c1. The fraction of sp³-hybridized carbons (Fsp3) is 0.312. The van der Waals surface area contributed by atoms with E-state index in [2.05, 4.69) is 30.7 Å². The first-order valence-corrected chi connectivity index (χ1v) is 6.57. The number of hydrogen-bond donors (Lipinski definition) is 0. The summed E-state index contributed by atoms with van der Waals surface area (Å²) in [6, 6.07) is 5.80. The Morgan fingerprint density at radius 3 is 2.33 bits per heavy atom. The highest BCUT2D eigenvalue weighted by Gasteiger charge is 2.21. The molecule has 1 aromatic carbocycles. The molecule has 0 spiro atoms. The van der Waals surface area contributed by atoms with E-state index in [1.54, 1.807) is 7.11 Å². The molecule has 1 heterocycles. The second-order valence-corrected chi connectivity index (χ2v) is 5.63. The van der Waals surface area contributed by atoms with Crippen LogP contribution in [0.25, 0.3) is 0 Å². The molecule has 0 unspecified atom stereocenters. The third-order valence-corrected chi connectivity index (χ3v) is 2.98. The van der Waals surface area contributed by atoms with Crippen LogP contribution in [0.4, 0.5) is 0 Å². The summed E-state index contributed by atoms with van der Waals surface area (Å²) >= 11 is 0. The van der Waals surface area contributed by atoms with Crippen molar-refractivity contribution in [2.45, 2.75) is 26.2 Å². The Hall–Kier alpha value is -2.43. The Bertz CT molecular complexity index is 631. The van der Waals surface area contributed by atoms with Gasteiger partial charge in [0.2, 0.25) is 0 Å². The van der Waals surface area contributed by atoms with E-state index in [4.69, 9.17) is 9.47 Å². The zero-order valence-corrected chi connectivity index (χ0v) is 12.6. The number of aromatic nitrogens is 2. The van der Waals surface area contributed by atoms with Gasteiger partial charge in [0, 0.05) is 18.0 Å². The van der Waals surface area contributed by atoms with Crippen LogP contribution in [0.1, 0.15) is 36.7 Å². The van der Waals surface area contributed by atoms with E-state index in [1.807, 2.05) is 18.2 Å². The van der Waals surface area contributed by atoms with E-state index in [-0.39, 0.29) is 11.4 Å². The number of hydrogen-bond acceptors (Lipinski definition) is 5. The first-order valence-electron chi connectivity index (χ1n) is 6.57. The van der Waals surface area contributed by atoms with Crippen molar-refractivity contribution in [1.82, 2.24) is 9.97 Å². The number of aldehydes is 1. The molecule has 0 bridgehead atoms. The predicted molar refractivity (Wildman–Crippen MR) is 79.2 cm³/mol. The van der Waals surface area contributed by atoms with Crippen LogP contribution in [-0.2, 0) is 5.41 Å². The molecule has 0 aliphatic rings. The second kappa shape index (κ2) is 5.91. The fourth-order valence-electron chi connectivity index (χ4n) is 1.85. The molecule has 0 saturated heterocycles. The fourth-order valence-corrected chi connectivity index (χ4v) is 1.85. The van der Waals surface area contributed by atoms with Gasteiger partial charge in [-0.3, -0.25) is 4.79 Å². The van der Waals surface area contributed by atoms with Gasteiger partial charge >= 0.3 is 6.01 Å². The normalized spacial score (nSPS) is 11.0. The van der Waals surface area contributed by atoms with E-state index < -0.39 is 0 Å². The molecule has 110 valence electrons. The summed E-state index contributed by atoms with van der Waals surface area (Å²) in [5.41, 5.74) is 1.28. The van der Waals surface area contributed by atoms with Crippen LogP contribution in [0.2, 0.25) is 0 Å². The summed E-state index contributed by atoms with van der Waals surface area (Å²) in [4.78, 5) is 18.6. The summed E-state index contributed by atoms with van der Waals surface area (Å²) in [6.07, 6.45) is 3.54. The van der Waals surface area contributed by atoms with E-state index in [0.717, 1.165) is 11.3 Å². The zero-order chi connectivity index (χ0) is 15.5. The lowest BCUT2D eigenvalue weighted by Crippen LogP contribution is -2.13. The lowest BCUT2D eigenvalue weighted by Gasteiger charge is -2.22. The van der Waals surface area contributed by atoms with Crippen molar-refractivity contribution >= 4 is 6.29 Å². The van der Waals surface area contributed by atoms with Gasteiger partial charge in [-0.1, -0.05) is 20.8 Å². The van der Waals surface area contributed by atoms with Crippen molar-refractivity contribution in [2.24, 2.45) is 0 Å². The van der Waals surface area contributed by atoms with E-state index in [9.17, 15) is 4.79 Å².